The van der Waals surface area contributed by atoms with Crippen molar-refractivity contribution < 1.29 is 28.6 Å². The van der Waals surface area contributed by atoms with Gasteiger partial charge in [0, 0.05) is 19.3 Å². The molecule has 0 aliphatic carbocycles. The van der Waals surface area contributed by atoms with Crippen LogP contribution in [0.15, 0.2) is 109 Å². The van der Waals surface area contributed by atoms with Crippen LogP contribution >= 0.6 is 0 Å². The lowest BCUT2D eigenvalue weighted by Gasteiger charge is -2.18. The molecule has 6 heteroatoms. The molecule has 0 bridgehead atoms. The van der Waals surface area contributed by atoms with Crippen molar-refractivity contribution in [3.63, 3.8) is 0 Å². The third kappa shape index (κ3) is 54.9. The SMILES string of the molecule is CC\C=C/C=C\C=C/C=C\C=C\C=C/CCCCCC(=O)OC(COC(=O)CCCCCCCCCCC/C=C\C/C=C\C/C=C\CC)COC(=O)CCCCCCCCCCCCCCCCC. The molecule has 1 unspecified atom stereocenters. The maximum Gasteiger partial charge on any atom is 0.306 e. The predicted molar refractivity (Wildman–Crippen MR) is 297 cm³/mol. The Labute approximate surface area is 425 Å². The third-order valence-corrected chi connectivity index (χ3v) is 11.9. The first-order chi connectivity index (χ1) is 34.0. The van der Waals surface area contributed by atoms with Crippen molar-refractivity contribution in [2.24, 2.45) is 0 Å². The molecule has 0 radical (unpaired) electrons. The molecule has 0 aromatic heterocycles. The number of carbonyl (C=O) groups excluding carboxylic acids is 3. The zero-order chi connectivity index (χ0) is 50.0. The van der Waals surface area contributed by atoms with Crippen molar-refractivity contribution >= 4 is 17.9 Å². The van der Waals surface area contributed by atoms with Crippen molar-refractivity contribution in [3.8, 4) is 0 Å². The van der Waals surface area contributed by atoms with Gasteiger partial charge in [0.05, 0.1) is 0 Å². The quantitative estimate of drug-likeness (QED) is 0.0199. The van der Waals surface area contributed by atoms with Gasteiger partial charge < -0.3 is 14.2 Å². The summed E-state index contributed by atoms with van der Waals surface area (Å²) in [7, 11) is 0. The number of unbranched alkanes of at least 4 members (excludes halogenated alkanes) is 26. The minimum Gasteiger partial charge on any atom is -0.462 e. The largest absolute Gasteiger partial charge is 0.462 e. The Balaban J connectivity index is 4.47. The normalized spacial score (nSPS) is 12.9. The number of carbonyl (C=O) groups is 3. The maximum absolute atomic E-state index is 12.8. The first kappa shape index (κ1) is 65.1. The maximum atomic E-state index is 12.8. The van der Waals surface area contributed by atoms with E-state index >= 15 is 0 Å². The van der Waals surface area contributed by atoms with Crippen LogP contribution in [0.1, 0.15) is 252 Å². The minimum atomic E-state index is -0.804. The van der Waals surface area contributed by atoms with Gasteiger partial charge in [-0.05, 0) is 70.6 Å². The fraction of sp³-hybridized carbons (Fsp3) is 0.667. The predicted octanol–water partition coefficient (Wildman–Crippen LogP) is 19.1. The van der Waals surface area contributed by atoms with Crippen molar-refractivity contribution in [2.75, 3.05) is 13.2 Å². The first-order valence-corrected chi connectivity index (χ1v) is 28.5. The molecule has 392 valence electrons. The molecule has 0 amide bonds. The van der Waals surface area contributed by atoms with Gasteiger partial charge in [-0.25, -0.2) is 0 Å². The van der Waals surface area contributed by atoms with Crippen molar-refractivity contribution in [3.05, 3.63) is 109 Å². The first-order valence-electron chi connectivity index (χ1n) is 28.5. The van der Waals surface area contributed by atoms with Crippen molar-refractivity contribution in [1.82, 2.24) is 0 Å². The second-order valence-electron chi connectivity index (χ2n) is 18.6. The van der Waals surface area contributed by atoms with E-state index in [1.165, 1.54) is 122 Å². The van der Waals surface area contributed by atoms with Gasteiger partial charge in [0.15, 0.2) is 6.10 Å². The van der Waals surface area contributed by atoms with Gasteiger partial charge in [-0.15, -0.1) is 0 Å². The van der Waals surface area contributed by atoms with Gasteiger partial charge in [0.1, 0.15) is 13.2 Å². The molecule has 69 heavy (non-hydrogen) atoms. The molecule has 0 aromatic rings. The molecule has 0 heterocycles. The molecule has 0 aliphatic rings. The van der Waals surface area contributed by atoms with Crippen LogP contribution in [0.5, 0.6) is 0 Å². The molecule has 0 aliphatic heterocycles. The summed E-state index contributed by atoms with van der Waals surface area (Å²) >= 11 is 0. The summed E-state index contributed by atoms with van der Waals surface area (Å²) in [6, 6.07) is 0. The average Bonchev–Trinajstić information content (AvgIpc) is 3.35. The summed E-state index contributed by atoms with van der Waals surface area (Å²) in [4.78, 5) is 38.2. The fourth-order valence-electron chi connectivity index (χ4n) is 7.72. The van der Waals surface area contributed by atoms with E-state index in [0.29, 0.717) is 19.3 Å². The Kier molecular flexibility index (Phi) is 53.4. The van der Waals surface area contributed by atoms with Gasteiger partial charge in [-0.1, -0.05) is 271 Å². The Morgan fingerprint density at radius 3 is 1.07 bits per heavy atom. The van der Waals surface area contributed by atoms with E-state index in [4.69, 9.17) is 14.2 Å². The van der Waals surface area contributed by atoms with Crippen LogP contribution in [0.2, 0.25) is 0 Å². The van der Waals surface area contributed by atoms with Crippen LogP contribution in [0, 0.1) is 0 Å². The second-order valence-corrected chi connectivity index (χ2v) is 18.6. The number of rotatable bonds is 50. The number of hydrogen-bond acceptors (Lipinski definition) is 6. The van der Waals surface area contributed by atoms with Gasteiger partial charge in [-0.2, -0.15) is 0 Å². The lowest BCUT2D eigenvalue weighted by atomic mass is 10.0. The van der Waals surface area contributed by atoms with Crippen LogP contribution in [-0.2, 0) is 28.6 Å². The molecule has 1 atom stereocenters. The fourth-order valence-corrected chi connectivity index (χ4v) is 7.72. The number of ether oxygens (including phenoxy) is 3. The molecular weight excluding hydrogens is 853 g/mol. The number of allylic oxidation sites excluding steroid dienone is 18. The van der Waals surface area contributed by atoms with Crippen molar-refractivity contribution in [1.29, 1.82) is 0 Å². The summed E-state index contributed by atoms with van der Waals surface area (Å²) < 4.78 is 16.8. The number of esters is 3. The smallest absolute Gasteiger partial charge is 0.306 e. The molecule has 0 N–H and O–H groups in total. The zero-order valence-corrected chi connectivity index (χ0v) is 44.8. The summed E-state index contributed by atoms with van der Waals surface area (Å²) in [6.45, 7) is 6.35. The summed E-state index contributed by atoms with van der Waals surface area (Å²) in [5.74, 6) is -0.944. The Hall–Kier alpha value is -3.93. The van der Waals surface area contributed by atoms with E-state index in [0.717, 1.165) is 83.5 Å². The molecule has 0 saturated carbocycles. The van der Waals surface area contributed by atoms with E-state index in [1.54, 1.807) is 0 Å². The van der Waals surface area contributed by atoms with Crippen molar-refractivity contribution in [2.45, 2.75) is 258 Å². The summed E-state index contributed by atoms with van der Waals surface area (Å²) in [5, 5.41) is 0. The highest BCUT2D eigenvalue weighted by atomic mass is 16.6. The molecule has 6 nitrogen and oxygen atoms in total. The van der Waals surface area contributed by atoms with E-state index < -0.39 is 6.10 Å². The zero-order valence-electron chi connectivity index (χ0n) is 44.8. The molecule has 0 aromatic carbocycles. The summed E-state index contributed by atoms with van der Waals surface area (Å²) in [5.41, 5.74) is 0. The Morgan fingerprint density at radius 1 is 0.319 bits per heavy atom. The number of hydrogen-bond donors (Lipinski definition) is 0. The topological polar surface area (TPSA) is 78.9 Å². The van der Waals surface area contributed by atoms with Gasteiger partial charge in [0.2, 0.25) is 0 Å². The Morgan fingerprint density at radius 2 is 0.638 bits per heavy atom. The monoisotopic (exact) mass is 957 g/mol. The molecular formula is C63H104O6. The highest BCUT2D eigenvalue weighted by molar-refractivity contribution is 5.71. The summed E-state index contributed by atoms with van der Waals surface area (Å²) in [6.07, 6.45) is 76.4. The van der Waals surface area contributed by atoms with Gasteiger partial charge in [0.25, 0.3) is 0 Å². The molecule has 0 saturated heterocycles. The Bertz CT molecular complexity index is 1420. The lowest BCUT2D eigenvalue weighted by molar-refractivity contribution is -0.167. The standard InChI is InChI=1S/C63H104O6/c1-4-7-10-13-16-19-22-25-28-30-31-33-35-38-41-44-47-50-53-56-62(65)68-59-60(58-67-61(64)55-52-49-46-43-40-37-34-27-24-21-18-15-12-9-6-3)69-63(66)57-54-51-48-45-42-39-36-32-29-26-23-20-17-14-11-8-5-2/h7-8,10-11,14,16-17,19-20,23,25-26,28-29,32,36,39,42,60H,4-6,9,12-13,15,18,21-22,24,27,30-31,33-35,37-38,40-41,43-59H2,1-3H3/b10-7-,11-8-,17-14-,19-16-,23-20-,28-25-,29-26-,36-32+,42-39-. The third-order valence-electron chi connectivity index (χ3n) is 11.9. The lowest BCUT2D eigenvalue weighted by Crippen LogP contribution is -2.30. The van der Waals surface area contributed by atoms with E-state index in [2.05, 4.69) is 69.4 Å². The van der Waals surface area contributed by atoms with Gasteiger partial charge >= 0.3 is 17.9 Å². The van der Waals surface area contributed by atoms with Crippen LogP contribution in [0.25, 0.3) is 0 Å². The highest BCUT2D eigenvalue weighted by Crippen LogP contribution is 2.16. The van der Waals surface area contributed by atoms with Crippen LogP contribution in [-0.4, -0.2) is 37.2 Å². The molecule has 0 fully saturated rings. The second kappa shape index (κ2) is 56.7. The van der Waals surface area contributed by atoms with E-state index in [1.807, 2.05) is 60.8 Å². The minimum absolute atomic E-state index is 0.0974. The molecule has 0 spiro atoms. The average molecular weight is 958 g/mol. The van der Waals surface area contributed by atoms with Crippen LogP contribution in [0.4, 0.5) is 0 Å². The van der Waals surface area contributed by atoms with Gasteiger partial charge in [-0.3, -0.25) is 14.4 Å². The van der Waals surface area contributed by atoms with E-state index in [-0.39, 0.29) is 37.5 Å². The van der Waals surface area contributed by atoms with Crippen LogP contribution in [0.3, 0.4) is 0 Å². The molecule has 0 rings (SSSR count). The van der Waals surface area contributed by atoms with E-state index in [9.17, 15) is 14.4 Å². The highest BCUT2D eigenvalue weighted by Gasteiger charge is 2.19. The van der Waals surface area contributed by atoms with Crippen LogP contribution < -0.4 is 0 Å².